The molecule has 0 bridgehead atoms. The zero-order valence-electron chi connectivity index (χ0n) is 16.3. The third-order valence-corrected chi connectivity index (χ3v) is 4.86. The number of rotatable bonds is 8. The third kappa shape index (κ3) is 3.83. The van der Waals surface area contributed by atoms with Gasteiger partial charge in [-0.05, 0) is 11.1 Å². The van der Waals surface area contributed by atoms with E-state index in [1.165, 1.54) is 6.33 Å². The van der Waals surface area contributed by atoms with Crippen LogP contribution in [0.3, 0.4) is 0 Å². The fourth-order valence-electron chi connectivity index (χ4n) is 3.64. The van der Waals surface area contributed by atoms with Crippen molar-refractivity contribution in [2.24, 2.45) is 0 Å². The Hall–Kier alpha value is -3.29. The first-order valence-corrected chi connectivity index (χ1v) is 9.58. The van der Waals surface area contributed by atoms with Gasteiger partial charge in [-0.3, -0.25) is 9.40 Å². The largest absolute Gasteiger partial charge is 0.396 e. The number of fused-ring (bicyclic) bond motifs is 1. The Bertz CT molecular complexity index is 1030. The molecule has 2 aromatic heterocycles. The van der Waals surface area contributed by atoms with E-state index in [4.69, 9.17) is 4.84 Å². The number of benzene rings is 2. The lowest BCUT2D eigenvalue weighted by Crippen LogP contribution is -2.40. The molecule has 148 valence electrons. The van der Waals surface area contributed by atoms with Crippen LogP contribution in [0.4, 0.5) is 5.82 Å². The van der Waals surface area contributed by atoms with E-state index in [9.17, 15) is 5.11 Å². The van der Waals surface area contributed by atoms with Crippen molar-refractivity contribution in [1.82, 2.24) is 14.5 Å². The first-order chi connectivity index (χ1) is 14.3. The molecular weight excluding hydrogens is 366 g/mol. The van der Waals surface area contributed by atoms with Gasteiger partial charge in [0.25, 0.3) is 0 Å². The zero-order valence-corrected chi connectivity index (χ0v) is 16.3. The van der Waals surface area contributed by atoms with Crippen molar-refractivity contribution >= 4 is 17.0 Å². The predicted molar refractivity (Wildman–Crippen MR) is 110 cm³/mol. The third-order valence-electron chi connectivity index (χ3n) is 4.86. The molecule has 0 radical (unpaired) electrons. The van der Waals surface area contributed by atoms with Gasteiger partial charge in [-0.1, -0.05) is 65.6 Å². The zero-order chi connectivity index (χ0) is 20.1. The molecule has 0 atom stereocenters. The van der Waals surface area contributed by atoms with Gasteiger partial charge < -0.3 is 5.11 Å². The Kier molecular flexibility index (Phi) is 5.79. The number of aromatic nitrogens is 4. The Balaban J connectivity index is 1.95. The summed E-state index contributed by atoms with van der Waals surface area (Å²) in [4.78, 5) is 14.1. The molecule has 7 heteroatoms. The number of hydrogen-bond donors (Lipinski definition) is 2. The highest BCUT2D eigenvalue weighted by Gasteiger charge is 2.28. The summed E-state index contributed by atoms with van der Waals surface area (Å²) in [5.41, 5.74) is 6.79. The van der Waals surface area contributed by atoms with E-state index in [-0.39, 0.29) is 12.6 Å². The summed E-state index contributed by atoms with van der Waals surface area (Å²) in [5.74, 6) is 0.592. The molecule has 0 saturated carbocycles. The summed E-state index contributed by atoms with van der Waals surface area (Å²) < 4.78 is 4.21. The van der Waals surface area contributed by atoms with E-state index in [2.05, 4.69) is 48.8 Å². The monoisotopic (exact) mass is 390 g/mol. The first kappa shape index (κ1) is 19.0. The van der Waals surface area contributed by atoms with Crippen LogP contribution in [0, 0.1) is 0 Å². The molecule has 0 unspecified atom stereocenters. The second kappa shape index (κ2) is 8.81. The molecule has 0 aliphatic rings. The van der Waals surface area contributed by atoms with E-state index < -0.39 is 0 Å². The van der Waals surface area contributed by atoms with Crippen LogP contribution in [0.15, 0.2) is 73.3 Å². The molecule has 2 N–H and O–H groups in total. The van der Waals surface area contributed by atoms with Gasteiger partial charge in [-0.15, -0.1) is 0 Å². The molecule has 29 heavy (non-hydrogen) atoms. The minimum Gasteiger partial charge on any atom is -0.396 e. The Labute approximate surface area is 169 Å². The quantitative estimate of drug-likeness (QED) is 0.357. The van der Waals surface area contributed by atoms with Crippen LogP contribution in [0.25, 0.3) is 11.2 Å². The highest BCUT2D eigenvalue weighted by Crippen LogP contribution is 2.26. The number of imidazole rings is 1. The van der Waals surface area contributed by atoms with Gasteiger partial charge in [-0.2, -0.15) is 4.98 Å². The predicted octanol–water partition coefficient (Wildman–Crippen LogP) is 2.71. The summed E-state index contributed by atoms with van der Waals surface area (Å²) in [6.07, 6.45) is 4.20. The van der Waals surface area contributed by atoms with Crippen molar-refractivity contribution < 1.29 is 14.5 Å². The van der Waals surface area contributed by atoms with Gasteiger partial charge in [0.1, 0.15) is 6.04 Å². The lowest BCUT2D eigenvalue weighted by atomic mass is 9.98. The van der Waals surface area contributed by atoms with Crippen molar-refractivity contribution in [2.75, 3.05) is 19.2 Å². The van der Waals surface area contributed by atoms with E-state index in [1.54, 1.807) is 7.11 Å². The minimum atomic E-state index is -0.0550. The number of nitrogens with one attached hydrogen (secondary N) is 1. The summed E-state index contributed by atoms with van der Waals surface area (Å²) in [7, 11) is 1.56. The molecule has 7 nitrogen and oxygen atoms in total. The average Bonchev–Trinajstić information content (AvgIpc) is 3.13. The van der Waals surface area contributed by atoms with Crippen LogP contribution in [0.2, 0.25) is 0 Å². The molecule has 4 aromatic rings. The van der Waals surface area contributed by atoms with Crippen LogP contribution < -0.4 is 10.0 Å². The Morgan fingerprint density at radius 1 is 1.03 bits per heavy atom. The maximum atomic E-state index is 9.35. The van der Waals surface area contributed by atoms with Crippen molar-refractivity contribution in [2.45, 2.75) is 19.0 Å². The maximum absolute atomic E-state index is 9.35. The lowest BCUT2D eigenvalue weighted by molar-refractivity contribution is -0.682. The number of nitrogens with zero attached hydrogens (tertiary/aromatic N) is 4. The number of anilines is 1. The molecule has 2 heterocycles. The molecule has 0 aliphatic heterocycles. The molecular formula is C22H24N5O2+. The minimum absolute atomic E-state index is 0.0550. The number of aryl methyl sites for hydroxylation is 1. The van der Waals surface area contributed by atoms with Gasteiger partial charge in [0, 0.05) is 13.0 Å². The fourth-order valence-corrected chi connectivity index (χ4v) is 3.64. The summed E-state index contributed by atoms with van der Waals surface area (Å²) in [6.45, 7) is 0.753. The average molecular weight is 390 g/mol. The van der Waals surface area contributed by atoms with Crippen LogP contribution >= 0.6 is 0 Å². The molecule has 0 amide bonds. The number of aliphatic hydroxyl groups is 1. The summed E-state index contributed by atoms with van der Waals surface area (Å²) in [6, 6.07) is 20.6. The smallest absolute Gasteiger partial charge is 0.308 e. The van der Waals surface area contributed by atoms with E-state index in [0.29, 0.717) is 18.8 Å². The Morgan fingerprint density at radius 3 is 2.28 bits per heavy atom. The maximum Gasteiger partial charge on any atom is 0.308 e. The summed E-state index contributed by atoms with van der Waals surface area (Å²) >= 11 is 0. The molecule has 0 aliphatic carbocycles. The van der Waals surface area contributed by atoms with E-state index in [1.807, 2.05) is 42.7 Å². The topological polar surface area (TPSA) is 76.1 Å². The van der Waals surface area contributed by atoms with Gasteiger partial charge in [0.15, 0.2) is 18.5 Å². The second-order valence-electron chi connectivity index (χ2n) is 6.72. The lowest BCUT2D eigenvalue weighted by Gasteiger charge is -2.16. The van der Waals surface area contributed by atoms with Crippen molar-refractivity contribution in [3.05, 3.63) is 84.4 Å². The SMILES string of the molecule is CONc1ncnc2c1n(CCCO)c[n+]2C(c1ccccc1)c1ccccc1. The van der Waals surface area contributed by atoms with Crippen LogP contribution in [-0.2, 0) is 11.4 Å². The second-order valence-corrected chi connectivity index (χ2v) is 6.72. The molecule has 0 saturated heterocycles. The first-order valence-electron chi connectivity index (χ1n) is 9.58. The standard InChI is InChI=1S/C22H24N5O2/c1-29-25-21-20-22(24-15-23-21)27(16-26(20)13-8-14-28)19(17-9-4-2-5-10-17)18-11-6-3-7-12-18/h2-7,9-12,15-16,19,28H,8,13-14H2,1H3,(H,23,24,25)/q+1. The van der Waals surface area contributed by atoms with Gasteiger partial charge in [0.05, 0.1) is 13.7 Å². The van der Waals surface area contributed by atoms with Crippen molar-refractivity contribution in [1.29, 1.82) is 0 Å². The highest BCUT2D eigenvalue weighted by atomic mass is 16.6. The normalized spacial score (nSPS) is 11.3. The summed E-state index contributed by atoms with van der Waals surface area (Å²) in [5, 5.41) is 9.35. The van der Waals surface area contributed by atoms with Gasteiger partial charge >= 0.3 is 5.65 Å². The molecule has 0 spiro atoms. The van der Waals surface area contributed by atoms with Crippen molar-refractivity contribution in [3.8, 4) is 0 Å². The number of aliphatic hydroxyl groups excluding tert-OH is 1. The van der Waals surface area contributed by atoms with E-state index >= 15 is 0 Å². The molecule has 2 aromatic carbocycles. The Morgan fingerprint density at radius 2 is 1.69 bits per heavy atom. The van der Waals surface area contributed by atoms with Crippen molar-refractivity contribution in [3.63, 3.8) is 0 Å². The fraction of sp³-hybridized carbons (Fsp3) is 0.227. The highest BCUT2D eigenvalue weighted by molar-refractivity contribution is 5.80. The van der Waals surface area contributed by atoms with Gasteiger partial charge in [-0.25, -0.2) is 10.0 Å². The van der Waals surface area contributed by atoms with Crippen LogP contribution in [0.5, 0.6) is 0 Å². The van der Waals surface area contributed by atoms with Gasteiger partial charge in [0.2, 0.25) is 5.52 Å². The molecule has 4 rings (SSSR count). The van der Waals surface area contributed by atoms with Crippen LogP contribution in [0.1, 0.15) is 23.6 Å². The molecule has 0 fully saturated rings. The van der Waals surface area contributed by atoms with Crippen LogP contribution in [-0.4, -0.2) is 33.4 Å². The van der Waals surface area contributed by atoms with E-state index in [0.717, 1.165) is 22.3 Å². The number of hydrogen-bond acceptors (Lipinski definition) is 5.